The van der Waals surface area contributed by atoms with E-state index in [1.165, 1.54) is 0 Å². The summed E-state index contributed by atoms with van der Waals surface area (Å²) in [5.41, 5.74) is 9.24. The molecular formula is C22H28Cl2N4O2. The monoisotopic (exact) mass is 450 g/mol. The average Bonchev–Trinajstić information content (AvgIpc) is 3.33. The molecule has 1 aromatic carbocycles. The molecular weight excluding hydrogens is 423 g/mol. The van der Waals surface area contributed by atoms with Crippen LogP contribution in [0.3, 0.4) is 0 Å². The number of benzene rings is 1. The molecule has 6 nitrogen and oxygen atoms in total. The van der Waals surface area contributed by atoms with Crippen molar-refractivity contribution in [3.05, 3.63) is 65.6 Å². The molecule has 8 heteroatoms. The maximum absolute atomic E-state index is 12.8. The fraction of sp³-hybridized carbons (Fsp3) is 0.364. The summed E-state index contributed by atoms with van der Waals surface area (Å²) in [5.74, 6) is 0.820. The largest absolute Gasteiger partial charge is 0.486 e. The number of hydrogen-bond acceptors (Lipinski definition) is 4. The zero-order valence-electron chi connectivity index (χ0n) is 16.9. The highest BCUT2D eigenvalue weighted by atomic mass is 35.5. The Morgan fingerprint density at radius 2 is 2.03 bits per heavy atom. The number of amides is 1. The number of aryl methyl sites for hydroxylation is 1. The Bertz CT molecular complexity index is 992. The standard InChI is InChI=1S/C22H26N4O2.2ClH/c1-15-6-5-11-26-13-17(24-21(15)26)14-28-20-10-3-2-8-18(20)22(27)25-19-9-4-7-16(19)12-23;;/h2-3,5-6,8,10-11,13,16,19H,4,7,9,12,14,23H2,1H3,(H,25,27);2*1H. The van der Waals surface area contributed by atoms with E-state index in [2.05, 4.69) is 10.3 Å². The number of pyridine rings is 1. The summed E-state index contributed by atoms with van der Waals surface area (Å²) in [5, 5.41) is 3.15. The van der Waals surface area contributed by atoms with Crippen molar-refractivity contribution in [3.63, 3.8) is 0 Å². The molecule has 0 saturated heterocycles. The highest BCUT2D eigenvalue weighted by molar-refractivity contribution is 5.97. The fourth-order valence-electron chi connectivity index (χ4n) is 3.96. The molecule has 3 N–H and O–H groups in total. The predicted molar refractivity (Wildman–Crippen MR) is 123 cm³/mol. The summed E-state index contributed by atoms with van der Waals surface area (Å²) in [6.45, 7) is 2.95. The second-order valence-corrected chi connectivity index (χ2v) is 7.45. The van der Waals surface area contributed by atoms with Gasteiger partial charge in [0.25, 0.3) is 5.91 Å². The fourth-order valence-corrected chi connectivity index (χ4v) is 3.96. The number of nitrogens with two attached hydrogens (primary N) is 1. The number of halogens is 2. The van der Waals surface area contributed by atoms with Crippen LogP contribution in [0.4, 0.5) is 0 Å². The molecule has 1 saturated carbocycles. The summed E-state index contributed by atoms with van der Waals surface area (Å²) < 4.78 is 7.96. The molecule has 0 radical (unpaired) electrons. The van der Waals surface area contributed by atoms with Crippen molar-refractivity contribution in [2.24, 2.45) is 11.7 Å². The lowest BCUT2D eigenvalue weighted by atomic mass is 10.0. The van der Waals surface area contributed by atoms with Gasteiger partial charge in [0.15, 0.2) is 0 Å². The number of imidazole rings is 1. The first kappa shape index (κ1) is 24.0. The maximum atomic E-state index is 12.8. The van der Waals surface area contributed by atoms with Crippen molar-refractivity contribution in [2.45, 2.75) is 38.8 Å². The number of rotatable bonds is 6. The van der Waals surface area contributed by atoms with E-state index in [1.54, 1.807) is 6.07 Å². The first-order chi connectivity index (χ1) is 13.7. The molecule has 2 heterocycles. The number of hydrogen-bond donors (Lipinski definition) is 2. The number of ether oxygens (including phenoxy) is 1. The van der Waals surface area contributed by atoms with Crippen LogP contribution in [0.1, 0.15) is 40.9 Å². The second kappa shape index (κ2) is 10.7. The van der Waals surface area contributed by atoms with Crippen molar-refractivity contribution in [3.8, 4) is 5.75 Å². The van der Waals surface area contributed by atoms with Crippen molar-refractivity contribution >= 4 is 36.4 Å². The topological polar surface area (TPSA) is 81.7 Å². The zero-order valence-corrected chi connectivity index (χ0v) is 18.5. The molecule has 1 amide bonds. The van der Waals surface area contributed by atoms with Gasteiger partial charge in [-0.15, -0.1) is 24.8 Å². The molecule has 0 aliphatic heterocycles. The van der Waals surface area contributed by atoms with Crippen LogP contribution in [0.15, 0.2) is 48.8 Å². The predicted octanol–water partition coefficient (Wildman–Crippen LogP) is 3.92. The number of carbonyl (C=O) groups excluding carboxylic acids is 1. The number of aromatic nitrogens is 2. The van der Waals surface area contributed by atoms with Crippen LogP contribution >= 0.6 is 24.8 Å². The lowest BCUT2D eigenvalue weighted by Crippen LogP contribution is -2.40. The van der Waals surface area contributed by atoms with Gasteiger partial charge in [-0.3, -0.25) is 4.79 Å². The normalized spacial score (nSPS) is 17.8. The van der Waals surface area contributed by atoms with Gasteiger partial charge in [0.05, 0.1) is 11.3 Å². The summed E-state index contributed by atoms with van der Waals surface area (Å²) in [6, 6.07) is 11.5. The molecule has 0 spiro atoms. The minimum Gasteiger partial charge on any atom is -0.486 e. The molecule has 4 rings (SSSR count). The second-order valence-electron chi connectivity index (χ2n) is 7.45. The molecule has 2 aromatic heterocycles. The Morgan fingerprint density at radius 3 is 2.80 bits per heavy atom. The number of carbonyl (C=O) groups is 1. The van der Waals surface area contributed by atoms with E-state index < -0.39 is 0 Å². The van der Waals surface area contributed by atoms with E-state index in [4.69, 9.17) is 10.5 Å². The Labute approximate surface area is 189 Å². The first-order valence-electron chi connectivity index (χ1n) is 9.81. The van der Waals surface area contributed by atoms with Gasteiger partial charge < -0.3 is 20.2 Å². The highest BCUT2D eigenvalue weighted by Crippen LogP contribution is 2.26. The number of fused-ring (bicyclic) bond motifs is 1. The summed E-state index contributed by atoms with van der Waals surface area (Å²) in [6.07, 6.45) is 7.09. The summed E-state index contributed by atoms with van der Waals surface area (Å²) in [4.78, 5) is 17.5. The van der Waals surface area contributed by atoms with Gasteiger partial charge in [0.1, 0.15) is 18.0 Å². The van der Waals surface area contributed by atoms with Crippen LogP contribution in [0.2, 0.25) is 0 Å². The van der Waals surface area contributed by atoms with Gasteiger partial charge in [-0.1, -0.05) is 24.6 Å². The minimum atomic E-state index is -0.105. The van der Waals surface area contributed by atoms with Crippen LogP contribution in [0, 0.1) is 12.8 Å². The first-order valence-corrected chi connectivity index (χ1v) is 9.81. The van der Waals surface area contributed by atoms with Crippen molar-refractivity contribution in [1.82, 2.24) is 14.7 Å². The Balaban J connectivity index is 0.00000160. The molecule has 0 bridgehead atoms. The number of para-hydroxylation sites is 1. The number of nitrogens with one attached hydrogen (secondary N) is 1. The average molecular weight is 451 g/mol. The van der Waals surface area contributed by atoms with Crippen molar-refractivity contribution in [2.75, 3.05) is 6.54 Å². The van der Waals surface area contributed by atoms with Crippen molar-refractivity contribution < 1.29 is 9.53 Å². The van der Waals surface area contributed by atoms with Crippen LogP contribution in [0.25, 0.3) is 5.65 Å². The minimum absolute atomic E-state index is 0. The zero-order chi connectivity index (χ0) is 19.5. The van der Waals surface area contributed by atoms with Gasteiger partial charge in [-0.2, -0.15) is 0 Å². The van der Waals surface area contributed by atoms with Crippen molar-refractivity contribution in [1.29, 1.82) is 0 Å². The third kappa shape index (κ3) is 5.06. The molecule has 30 heavy (non-hydrogen) atoms. The summed E-state index contributed by atoms with van der Waals surface area (Å²) in [7, 11) is 0. The number of nitrogens with zero attached hydrogens (tertiary/aromatic N) is 2. The molecule has 162 valence electrons. The van der Waals surface area contributed by atoms with Crippen LogP contribution in [-0.2, 0) is 6.61 Å². The van der Waals surface area contributed by atoms with Crippen LogP contribution in [0.5, 0.6) is 5.75 Å². The quantitative estimate of drug-likeness (QED) is 0.595. The van der Waals surface area contributed by atoms with Crippen LogP contribution < -0.4 is 15.8 Å². The van der Waals surface area contributed by atoms with Crippen LogP contribution in [-0.4, -0.2) is 27.9 Å². The van der Waals surface area contributed by atoms with E-state index >= 15 is 0 Å². The Hall–Kier alpha value is -2.28. The highest BCUT2D eigenvalue weighted by Gasteiger charge is 2.28. The SMILES string of the molecule is Cc1cccn2cc(COc3ccccc3C(=O)NC3CCCC3CN)nc12.Cl.Cl. The Morgan fingerprint density at radius 1 is 1.23 bits per heavy atom. The lowest BCUT2D eigenvalue weighted by Gasteiger charge is -2.20. The molecule has 1 aliphatic rings. The van der Waals surface area contributed by atoms with Gasteiger partial charge in [0.2, 0.25) is 0 Å². The maximum Gasteiger partial charge on any atom is 0.255 e. The van der Waals surface area contributed by atoms with Gasteiger partial charge in [0, 0.05) is 18.4 Å². The van der Waals surface area contributed by atoms with Gasteiger partial charge in [-0.05, 0) is 56.0 Å². The third-order valence-corrected chi connectivity index (χ3v) is 5.51. The van der Waals surface area contributed by atoms with E-state index in [-0.39, 0.29) is 36.8 Å². The van der Waals surface area contributed by atoms with E-state index in [0.29, 0.717) is 30.4 Å². The van der Waals surface area contributed by atoms with E-state index in [0.717, 1.165) is 36.2 Å². The third-order valence-electron chi connectivity index (χ3n) is 5.51. The van der Waals surface area contributed by atoms with E-state index in [9.17, 15) is 4.79 Å². The van der Waals surface area contributed by atoms with Gasteiger partial charge >= 0.3 is 0 Å². The molecule has 1 aliphatic carbocycles. The van der Waals surface area contributed by atoms with E-state index in [1.807, 2.05) is 54.0 Å². The van der Waals surface area contributed by atoms with Gasteiger partial charge in [-0.25, -0.2) is 4.98 Å². The smallest absolute Gasteiger partial charge is 0.255 e. The molecule has 3 aromatic rings. The Kier molecular flexibility index (Phi) is 8.53. The molecule has 2 unspecified atom stereocenters. The molecule has 2 atom stereocenters. The lowest BCUT2D eigenvalue weighted by molar-refractivity contribution is 0.0924. The summed E-state index contributed by atoms with van der Waals surface area (Å²) >= 11 is 0. The molecule has 1 fully saturated rings.